The monoisotopic (exact) mass is 389 g/mol. The van der Waals surface area contributed by atoms with Gasteiger partial charge in [0.2, 0.25) is 0 Å². The smallest absolute Gasteiger partial charge is 0.229 e. The van der Waals surface area contributed by atoms with Crippen LogP contribution in [0.1, 0.15) is 5.56 Å². The highest BCUT2D eigenvalue weighted by Crippen LogP contribution is 2.39. The van der Waals surface area contributed by atoms with E-state index in [1.165, 1.54) is 23.5 Å². The number of nitrogens with zero attached hydrogens (tertiary/aromatic N) is 1. The number of aromatic nitrogens is 1. The minimum absolute atomic E-state index is 0.172. The lowest BCUT2D eigenvalue weighted by Crippen LogP contribution is -2.03. The molecule has 9 heteroatoms. The third-order valence-corrected chi connectivity index (χ3v) is 6.60. The van der Waals surface area contributed by atoms with Gasteiger partial charge >= 0.3 is 6.18 Å². The van der Waals surface area contributed by atoms with Gasteiger partial charge in [-0.3, -0.25) is 0 Å². The first kappa shape index (κ1) is 17.2. The first-order valence-corrected chi connectivity index (χ1v) is 10.1. The van der Waals surface area contributed by atoms with Crippen molar-refractivity contribution in [2.45, 2.75) is 20.3 Å². The van der Waals surface area contributed by atoms with Crippen LogP contribution < -0.4 is 0 Å². The molecule has 0 unspecified atom stereocenters. The molecular formula is C15H10F3NO2S3. The first-order chi connectivity index (χ1) is 11.1. The molecule has 0 bridgehead atoms. The number of benzene rings is 2. The van der Waals surface area contributed by atoms with Crippen LogP contribution in [0.4, 0.5) is 13.2 Å². The number of hydrogen-bond donors (Lipinski definition) is 0. The van der Waals surface area contributed by atoms with E-state index in [4.69, 9.17) is 0 Å². The van der Waals surface area contributed by atoms with Crippen LogP contribution in [0.3, 0.4) is 0 Å². The molecule has 126 valence electrons. The van der Waals surface area contributed by atoms with Gasteiger partial charge in [0.25, 0.3) is 0 Å². The molecule has 24 heavy (non-hydrogen) atoms. The maximum Gasteiger partial charge on any atom is 0.416 e. The molecule has 1 aromatic heterocycles. The molecule has 1 heterocycles. The van der Waals surface area contributed by atoms with Crippen LogP contribution in [0.25, 0.3) is 10.2 Å². The predicted octanol–water partition coefficient (Wildman–Crippen LogP) is 4.87. The Kier molecular flexibility index (Phi) is 4.35. The van der Waals surface area contributed by atoms with Crippen LogP contribution in [-0.2, 0) is 16.0 Å². The van der Waals surface area contributed by atoms with Gasteiger partial charge in [-0.25, -0.2) is 13.4 Å². The third-order valence-electron chi connectivity index (χ3n) is 3.14. The minimum Gasteiger partial charge on any atom is -0.229 e. The van der Waals surface area contributed by atoms with Crippen molar-refractivity contribution in [3.63, 3.8) is 0 Å². The Balaban J connectivity index is 2.00. The summed E-state index contributed by atoms with van der Waals surface area (Å²) in [6.45, 7) is 0. The highest BCUT2D eigenvalue weighted by atomic mass is 32.2. The van der Waals surface area contributed by atoms with E-state index in [9.17, 15) is 21.6 Å². The van der Waals surface area contributed by atoms with Gasteiger partial charge in [-0.05, 0) is 30.3 Å². The molecule has 0 spiro atoms. The molecule has 0 amide bonds. The Labute approximate surface area is 144 Å². The molecular weight excluding hydrogens is 379 g/mol. The van der Waals surface area contributed by atoms with Crippen LogP contribution in [-0.4, -0.2) is 19.7 Å². The van der Waals surface area contributed by atoms with Crippen molar-refractivity contribution in [3.05, 3.63) is 48.0 Å². The molecule has 0 saturated heterocycles. The summed E-state index contributed by atoms with van der Waals surface area (Å²) in [5, 5.41) is 0. The summed E-state index contributed by atoms with van der Waals surface area (Å²) in [6.07, 6.45) is -3.31. The molecule has 0 N–H and O–H groups in total. The quantitative estimate of drug-likeness (QED) is 0.641. The van der Waals surface area contributed by atoms with Gasteiger partial charge in [0.05, 0.1) is 20.7 Å². The Morgan fingerprint density at radius 3 is 2.50 bits per heavy atom. The second kappa shape index (κ2) is 6.05. The van der Waals surface area contributed by atoms with Gasteiger partial charge < -0.3 is 0 Å². The van der Waals surface area contributed by atoms with Gasteiger partial charge in [-0.2, -0.15) is 13.2 Å². The average molecular weight is 389 g/mol. The standard InChI is InChI=1S/C15H10F3NO2S3/c1-24(20,21)13-5-3-2-4-12(13)23-14-19-10-8-9(15(16,17)18)6-7-11(10)22-14/h2-8H,1H3. The van der Waals surface area contributed by atoms with Crippen molar-refractivity contribution in [3.8, 4) is 0 Å². The average Bonchev–Trinajstić information content (AvgIpc) is 2.87. The van der Waals surface area contributed by atoms with Gasteiger partial charge in [0.15, 0.2) is 14.2 Å². The van der Waals surface area contributed by atoms with Gasteiger partial charge in [0, 0.05) is 11.2 Å². The number of alkyl halides is 3. The Morgan fingerprint density at radius 1 is 1.12 bits per heavy atom. The Morgan fingerprint density at radius 2 is 1.83 bits per heavy atom. The zero-order valence-electron chi connectivity index (χ0n) is 12.2. The normalized spacial score (nSPS) is 12.7. The number of hydrogen-bond acceptors (Lipinski definition) is 5. The maximum absolute atomic E-state index is 12.8. The van der Waals surface area contributed by atoms with E-state index in [2.05, 4.69) is 4.98 Å². The molecule has 0 atom stereocenters. The summed E-state index contributed by atoms with van der Waals surface area (Å²) in [4.78, 5) is 4.86. The second-order valence-corrected chi connectivity index (χ2v) is 9.28. The summed E-state index contributed by atoms with van der Waals surface area (Å²) in [6, 6.07) is 9.85. The fraction of sp³-hybridized carbons (Fsp3) is 0.133. The summed E-state index contributed by atoms with van der Waals surface area (Å²) >= 11 is 2.35. The van der Waals surface area contributed by atoms with Crippen molar-refractivity contribution in [2.75, 3.05) is 6.26 Å². The lowest BCUT2D eigenvalue weighted by molar-refractivity contribution is -0.137. The minimum atomic E-state index is -4.42. The molecule has 0 radical (unpaired) electrons. The van der Waals surface area contributed by atoms with Crippen LogP contribution in [0.2, 0.25) is 0 Å². The summed E-state index contributed by atoms with van der Waals surface area (Å²) in [5.74, 6) is 0. The Bertz CT molecular complexity index is 1010. The highest BCUT2D eigenvalue weighted by molar-refractivity contribution is 8.02. The van der Waals surface area contributed by atoms with Crippen molar-refractivity contribution in [2.24, 2.45) is 0 Å². The van der Waals surface area contributed by atoms with E-state index < -0.39 is 21.6 Å². The Hall–Kier alpha value is -1.58. The van der Waals surface area contributed by atoms with E-state index in [0.29, 0.717) is 13.9 Å². The first-order valence-electron chi connectivity index (χ1n) is 6.59. The molecule has 0 saturated carbocycles. The van der Waals surface area contributed by atoms with E-state index in [1.807, 2.05) is 0 Å². The fourth-order valence-electron chi connectivity index (χ4n) is 2.06. The summed E-state index contributed by atoms with van der Waals surface area (Å²) in [5.41, 5.74) is -0.512. The van der Waals surface area contributed by atoms with Crippen LogP contribution in [0.5, 0.6) is 0 Å². The van der Waals surface area contributed by atoms with Crippen molar-refractivity contribution in [1.82, 2.24) is 4.98 Å². The van der Waals surface area contributed by atoms with Crippen LogP contribution in [0, 0.1) is 0 Å². The van der Waals surface area contributed by atoms with E-state index in [0.717, 1.165) is 30.2 Å². The molecule has 3 nitrogen and oxygen atoms in total. The van der Waals surface area contributed by atoms with E-state index in [-0.39, 0.29) is 10.4 Å². The molecule has 0 aliphatic carbocycles. The number of thiazole rings is 1. The second-order valence-electron chi connectivity index (χ2n) is 4.98. The molecule has 0 fully saturated rings. The highest BCUT2D eigenvalue weighted by Gasteiger charge is 2.30. The van der Waals surface area contributed by atoms with Gasteiger partial charge in [0.1, 0.15) is 0 Å². The topological polar surface area (TPSA) is 47.0 Å². The zero-order valence-corrected chi connectivity index (χ0v) is 14.6. The van der Waals surface area contributed by atoms with Crippen LogP contribution in [0.15, 0.2) is 56.6 Å². The largest absolute Gasteiger partial charge is 0.416 e. The predicted molar refractivity (Wildman–Crippen MR) is 88.3 cm³/mol. The fourth-order valence-corrected chi connectivity index (χ4v) is 5.43. The van der Waals surface area contributed by atoms with Crippen molar-refractivity contribution >= 4 is 43.2 Å². The lowest BCUT2D eigenvalue weighted by atomic mass is 10.2. The van der Waals surface area contributed by atoms with Gasteiger partial charge in [-0.1, -0.05) is 23.9 Å². The zero-order chi connectivity index (χ0) is 17.5. The summed E-state index contributed by atoms with van der Waals surface area (Å²) < 4.78 is 63.0. The summed E-state index contributed by atoms with van der Waals surface area (Å²) in [7, 11) is -3.40. The lowest BCUT2D eigenvalue weighted by Gasteiger charge is -2.05. The number of sulfone groups is 1. The molecule has 0 aliphatic rings. The molecule has 2 aromatic carbocycles. The van der Waals surface area contributed by atoms with E-state index in [1.54, 1.807) is 18.2 Å². The maximum atomic E-state index is 12.8. The third kappa shape index (κ3) is 3.57. The van der Waals surface area contributed by atoms with E-state index >= 15 is 0 Å². The van der Waals surface area contributed by atoms with Crippen molar-refractivity contribution in [1.29, 1.82) is 0 Å². The number of rotatable bonds is 3. The molecule has 3 aromatic rings. The number of fused-ring (bicyclic) bond motifs is 1. The SMILES string of the molecule is CS(=O)(=O)c1ccccc1Sc1nc2cc(C(F)(F)F)ccc2s1. The van der Waals surface area contributed by atoms with Gasteiger partial charge in [-0.15, -0.1) is 11.3 Å². The van der Waals surface area contributed by atoms with Crippen molar-refractivity contribution < 1.29 is 21.6 Å². The van der Waals surface area contributed by atoms with Crippen LogP contribution >= 0.6 is 23.1 Å². The molecule has 3 rings (SSSR count). The number of halogens is 3. The molecule has 0 aliphatic heterocycles.